The number of aromatic nitrogens is 1. The number of allylic oxidation sites excluding steroid dienone is 1. The van der Waals surface area contributed by atoms with Crippen LogP contribution in [0, 0.1) is 24.1 Å². The van der Waals surface area contributed by atoms with Crippen molar-refractivity contribution in [1.82, 2.24) is 8.87 Å². The van der Waals surface area contributed by atoms with E-state index in [-0.39, 0.29) is 27.1 Å². The van der Waals surface area contributed by atoms with Gasteiger partial charge in [-0.05, 0) is 49.2 Å². The number of ketones is 1. The van der Waals surface area contributed by atoms with Crippen LogP contribution in [-0.2, 0) is 16.4 Å². The first-order chi connectivity index (χ1) is 14.6. The molecule has 1 heterocycles. The van der Waals surface area contributed by atoms with Crippen molar-refractivity contribution in [3.8, 4) is 6.07 Å². The summed E-state index contributed by atoms with van der Waals surface area (Å²) in [7, 11) is -0.910. The number of hydrogen-bond donors (Lipinski definition) is 0. The molecule has 0 atom stereocenters. The number of nitrogens with zero attached hydrogens (tertiary/aromatic N) is 3. The van der Waals surface area contributed by atoms with Gasteiger partial charge in [-0.2, -0.15) is 5.26 Å². The van der Waals surface area contributed by atoms with Crippen LogP contribution in [0.5, 0.6) is 0 Å². The van der Waals surface area contributed by atoms with Gasteiger partial charge in [-0.15, -0.1) is 0 Å². The zero-order valence-electron chi connectivity index (χ0n) is 17.7. The molecule has 0 saturated carbocycles. The van der Waals surface area contributed by atoms with Crippen molar-refractivity contribution in [2.24, 2.45) is 0 Å². The summed E-state index contributed by atoms with van der Waals surface area (Å²) in [5, 5.41) is 9.72. The normalized spacial score (nSPS) is 12.1. The van der Waals surface area contributed by atoms with Gasteiger partial charge in [0.15, 0.2) is 0 Å². The standard InChI is InChI=1S/C23H22FN3O3S/c1-5-16-11-21-17(10-20(16)24)12-22(23(28)18(13-25)14-26(3)4)27(21)31(29,30)19-8-6-15(2)7-9-19/h6-12,14H,5H2,1-4H3/b18-14+. The Hall–Kier alpha value is -3.44. The lowest BCUT2D eigenvalue weighted by molar-refractivity contribution is 0.103. The van der Waals surface area contributed by atoms with Crippen molar-refractivity contribution < 1.29 is 17.6 Å². The molecule has 0 fully saturated rings. The Kier molecular flexibility index (Phi) is 6.00. The van der Waals surface area contributed by atoms with Gasteiger partial charge in [0.2, 0.25) is 5.78 Å². The molecule has 3 aromatic rings. The van der Waals surface area contributed by atoms with Gasteiger partial charge in [-0.1, -0.05) is 24.6 Å². The fraction of sp³-hybridized carbons (Fsp3) is 0.217. The number of rotatable bonds is 6. The minimum atomic E-state index is -4.20. The van der Waals surface area contributed by atoms with Crippen LogP contribution in [0.15, 0.2) is 59.1 Å². The van der Waals surface area contributed by atoms with Gasteiger partial charge < -0.3 is 4.90 Å². The molecule has 0 aliphatic heterocycles. The van der Waals surface area contributed by atoms with E-state index in [1.54, 1.807) is 33.2 Å². The van der Waals surface area contributed by atoms with Crippen LogP contribution < -0.4 is 0 Å². The third kappa shape index (κ3) is 4.09. The molecule has 0 amide bonds. The van der Waals surface area contributed by atoms with E-state index >= 15 is 0 Å². The van der Waals surface area contributed by atoms with E-state index in [0.717, 1.165) is 9.54 Å². The van der Waals surface area contributed by atoms with Crippen LogP contribution >= 0.6 is 0 Å². The van der Waals surface area contributed by atoms with Crippen LogP contribution in [0.3, 0.4) is 0 Å². The van der Waals surface area contributed by atoms with E-state index in [2.05, 4.69) is 0 Å². The predicted molar refractivity (Wildman–Crippen MR) is 117 cm³/mol. The molecule has 0 radical (unpaired) electrons. The highest BCUT2D eigenvalue weighted by atomic mass is 32.2. The van der Waals surface area contributed by atoms with Gasteiger partial charge in [0.05, 0.1) is 10.4 Å². The Balaban J connectivity index is 2.39. The number of carbonyl (C=O) groups is 1. The topological polar surface area (TPSA) is 83.2 Å². The maximum Gasteiger partial charge on any atom is 0.268 e. The summed E-state index contributed by atoms with van der Waals surface area (Å²) in [5.41, 5.74) is 0.935. The first-order valence-electron chi connectivity index (χ1n) is 9.59. The monoisotopic (exact) mass is 439 g/mol. The first kappa shape index (κ1) is 22.2. The summed E-state index contributed by atoms with van der Waals surface area (Å²) in [6, 6.07) is 12.0. The molecule has 6 nitrogen and oxygen atoms in total. The minimum Gasteiger partial charge on any atom is -0.382 e. The first-order valence-corrected chi connectivity index (χ1v) is 11.0. The second-order valence-electron chi connectivity index (χ2n) is 7.42. The van der Waals surface area contributed by atoms with E-state index in [4.69, 9.17) is 0 Å². The van der Waals surface area contributed by atoms with Crippen molar-refractivity contribution in [3.05, 3.63) is 76.9 Å². The maximum atomic E-state index is 14.4. The Bertz CT molecular complexity index is 1350. The molecule has 31 heavy (non-hydrogen) atoms. The highest BCUT2D eigenvalue weighted by Crippen LogP contribution is 2.30. The maximum absolute atomic E-state index is 14.4. The summed E-state index contributed by atoms with van der Waals surface area (Å²) >= 11 is 0. The van der Waals surface area contributed by atoms with Crippen molar-refractivity contribution in [3.63, 3.8) is 0 Å². The van der Waals surface area contributed by atoms with Crippen molar-refractivity contribution in [2.75, 3.05) is 14.1 Å². The fourth-order valence-corrected chi connectivity index (χ4v) is 4.79. The summed E-state index contributed by atoms with van der Waals surface area (Å²) in [4.78, 5) is 14.7. The number of fused-ring (bicyclic) bond motifs is 1. The molecular weight excluding hydrogens is 417 g/mol. The lowest BCUT2D eigenvalue weighted by Gasteiger charge is -2.13. The number of halogens is 1. The Labute approximate surface area is 180 Å². The Morgan fingerprint density at radius 1 is 1.19 bits per heavy atom. The predicted octanol–water partition coefficient (Wildman–Crippen LogP) is 4.04. The Morgan fingerprint density at radius 3 is 2.39 bits per heavy atom. The third-order valence-electron chi connectivity index (χ3n) is 4.85. The smallest absolute Gasteiger partial charge is 0.268 e. The number of benzene rings is 2. The SMILES string of the molecule is CCc1cc2c(cc1F)cc(C(=O)/C(C#N)=C/N(C)C)n2S(=O)(=O)c1ccc(C)cc1. The molecular formula is C23H22FN3O3S. The van der Waals surface area contributed by atoms with Gasteiger partial charge in [0.1, 0.15) is 23.2 Å². The summed E-state index contributed by atoms with van der Waals surface area (Å²) in [5.74, 6) is -1.25. The van der Waals surface area contributed by atoms with Crippen molar-refractivity contribution in [2.45, 2.75) is 25.2 Å². The zero-order chi connectivity index (χ0) is 22.9. The van der Waals surface area contributed by atoms with E-state index in [1.165, 1.54) is 41.4 Å². The van der Waals surface area contributed by atoms with Gasteiger partial charge in [0.25, 0.3) is 10.0 Å². The molecule has 0 unspecified atom stereocenters. The molecule has 0 N–H and O–H groups in total. The third-order valence-corrected chi connectivity index (χ3v) is 6.59. The quantitative estimate of drug-likeness (QED) is 0.329. The molecule has 0 saturated heterocycles. The molecule has 0 bridgehead atoms. The summed E-state index contributed by atoms with van der Waals surface area (Å²) in [6.07, 6.45) is 1.67. The second-order valence-corrected chi connectivity index (χ2v) is 9.20. The van der Waals surface area contributed by atoms with Gasteiger partial charge in [-0.25, -0.2) is 16.8 Å². The van der Waals surface area contributed by atoms with Gasteiger partial charge in [0, 0.05) is 25.7 Å². The van der Waals surface area contributed by atoms with E-state index in [0.29, 0.717) is 12.0 Å². The van der Waals surface area contributed by atoms with Crippen LogP contribution in [-0.4, -0.2) is 37.2 Å². The lowest BCUT2D eigenvalue weighted by atomic mass is 10.1. The van der Waals surface area contributed by atoms with E-state index < -0.39 is 21.6 Å². The number of Topliss-reactive ketones (excluding diaryl/α,β-unsaturated/α-hetero) is 1. The molecule has 0 aliphatic carbocycles. The zero-order valence-corrected chi connectivity index (χ0v) is 18.5. The van der Waals surface area contributed by atoms with Crippen LogP contribution in [0.25, 0.3) is 10.9 Å². The average molecular weight is 440 g/mol. The highest BCUT2D eigenvalue weighted by Gasteiger charge is 2.28. The van der Waals surface area contributed by atoms with E-state index in [1.807, 2.05) is 13.0 Å². The molecule has 3 rings (SSSR count). The molecule has 8 heteroatoms. The molecule has 2 aromatic carbocycles. The second kappa shape index (κ2) is 8.36. The largest absolute Gasteiger partial charge is 0.382 e. The van der Waals surface area contributed by atoms with E-state index in [9.17, 15) is 22.9 Å². The van der Waals surface area contributed by atoms with Gasteiger partial charge >= 0.3 is 0 Å². The van der Waals surface area contributed by atoms with Crippen LogP contribution in [0.1, 0.15) is 28.5 Å². The minimum absolute atomic E-state index is 0.0119. The van der Waals surface area contributed by atoms with Crippen molar-refractivity contribution >= 4 is 26.7 Å². The molecule has 0 aliphatic rings. The fourth-order valence-electron chi connectivity index (χ4n) is 3.29. The molecule has 1 aromatic heterocycles. The van der Waals surface area contributed by atoms with Crippen LogP contribution in [0.4, 0.5) is 4.39 Å². The number of carbonyl (C=O) groups excluding carboxylic acids is 1. The van der Waals surface area contributed by atoms with Gasteiger partial charge in [-0.3, -0.25) is 4.79 Å². The highest BCUT2D eigenvalue weighted by molar-refractivity contribution is 7.90. The van der Waals surface area contributed by atoms with Crippen LogP contribution in [0.2, 0.25) is 0 Å². The summed E-state index contributed by atoms with van der Waals surface area (Å²) < 4.78 is 42.5. The van der Waals surface area contributed by atoms with Crippen molar-refractivity contribution in [1.29, 1.82) is 5.26 Å². The lowest BCUT2D eigenvalue weighted by Crippen LogP contribution is -2.20. The number of nitriles is 1. The Morgan fingerprint density at radius 2 is 1.84 bits per heavy atom. The number of aryl methyl sites for hydroxylation is 2. The average Bonchev–Trinajstić information content (AvgIpc) is 3.09. The number of hydrogen-bond acceptors (Lipinski definition) is 5. The molecule has 160 valence electrons. The molecule has 0 spiro atoms. The summed E-state index contributed by atoms with van der Waals surface area (Å²) in [6.45, 7) is 3.59.